The number of nitrogens with one attached hydrogen (secondary N) is 3. The van der Waals surface area contributed by atoms with E-state index in [0.717, 1.165) is 29.2 Å². The van der Waals surface area contributed by atoms with E-state index in [-0.39, 0.29) is 24.0 Å². The Bertz CT molecular complexity index is 1570. The molecular weight excluding hydrogens is 535 g/mol. The van der Waals surface area contributed by atoms with E-state index in [4.69, 9.17) is 9.47 Å². The second-order valence-electron chi connectivity index (χ2n) is 10.9. The molecule has 3 unspecified atom stereocenters. The zero-order valence-corrected chi connectivity index (χ0v) is 23.1. The highest BCUT2D eigenvalue weighted by atomic mass is 19.1. The first kappa shape index (κ1) is 27.7. The summed E-state index contributed by atoms with van der Waals surface area (Å²) in [4.78, 5) is 28.8. The molecule has 4 aromatic rings. The topological polar surface area (TPSA) is 102 Å². The molecule has 6 rings (SSSR count). The van der Waals surface area contributed by atoms with Gasteiger partial charge in [-0.25, -0.2) is 4.39 Å². The molecule has 8 nitrogen and oxygen atoms in total. The third-order valence-corrected chi connectivity index (χ3v) is 7.64. The van der Waals surface area contributed by atoms with Gasteiger partial charge in [0.2, 0.25) is 11.8 Å². The van der Waals surface area contributed by atoms with Crippen LogP contribution < -0.4 is 25.4 Å². The second kappa shape index (κ2) is 12.6. The number of hydrogen-bond donors (Lipinski definition) is 3. The van der Waals surface area contributed by atoms with E-state index in [1.165, 1.54) is 18.6 Å². The molecule has 1 saturated heterocycles. The predicted octanol–water partition coefficient (Wildman–Crippen LogP) is 6.43. The Balaban J connectivity index is 0.981. The van der Waals surface area contributed by atoms with Gasteiger partial charge in [-0.05, 0) is 74.1 Å². The molecule has 42 heavy (non-hydrogen) atoms. The molecule has 1 aromatic heterocycles. The minimum absolute atomic E-state index is 0.0381. The van der Waals surface area contributed by atoms with Gasteiger partial charge in [-0.3, -0.25) is 14.6 Å². The molecular formula is C33H33FN4O4. The average molecular weight is 569 g/mol. The van der Waals surface area contributed by atoms with Gasteiger partial charge in [0.1, 0.15) is 18.1 Å². The first-order valence-electron chi connectivity index (χ1n) is 14.4. The number of fused-ring (bicyclic) bond motifs is 2. The number of halogens is 1. The maximum absolute atomic E-state index is 14.9. The summed E-state index contributed by atoms with van der Waals surface area (Å²) in [6, 6.07) is 21.9. The summed E-state index contributed by atoms with van der Waals surface area (Å²) < 4.78 is 26.8. The molecule has 2 amide bonds. The summed E-state index contributed by atoms with van der Waals surface area (Å²) in [7, 11) is 0. The van der Waals surface area contributed by atoms with Gasteiger partial charge in [-0.2, -0.15) is 0 Å². The summed E-state index contributed by atoms with van der Waals surface area (Å²) in [5.41, 5.74) is 1.77. The van der Waals surface area contributed by atoms with E-state index in [2.05, 4.69) is 20.9 Å². The van der Waals surface area contributed by atoms with Gasteiger partial charge in [0.15, 0.2) is 11.6 Å². The van der Waals surface area contributed by atoms with Gasteiger partial charge in [0.05, 0.1) is 5.52 Å². The molecule has 3 atom stereocenters. The predicted molar refractivity (Wildman–Crippen MR) is 159 cm³/mol. The summed E-state index contributed by atoms with van der Waals surface area (Å²) in [5.74, 6) is 1.12. The first-order valence-corrected chi connectivity index (χ1v) is 14.4. The van der Waals surface area contributed by atoms with Crippen molar-refractivity contribution in [1.82, 2.24) is 10.3 Å². The Kier molecular flexibility index (Phi) is 8.28. The average Bonchev–Trinajstić information content (AvgIpc) is 3.60. The number of carbonyl (C=O) groups is 2. The Labute approximate surface area is 243 Å². The fourth-order valence-electron chi connectivity index (χ4n) is 5.36. The van der Waals surface area contributed by atoms with Crippen LogP contribution in [0.4, 0.5) is 15.8 Å². The van der Waals surface area contributed by atoms with Crippen molar-refractivity contribution in [3.63, 3.8) is 0 Å². The Morgan fingerprint density at radius 1 is 0.881 bits per heavy atom. The zero-order valence-electron chi connectivity index (χ0n) is 23.1. The number of pyridine rings is 1. The molecule has 2 fully saturated rings. The molecule has 0 radical (unpaired) electrons. The lowest BCUT2D eigenvalue weighted by Crippen LogP contribution is -2.31. The normalized spacial score (nSPS) is 18.7. The van der Waals surface area contributed by atoms with E-state index in [1.807, 2.05) is 48.5 Å². The third kappa shape index (κ3) is 7.03. The Morgan fingerprint density at radius 3 is 2.40 bits per heavy atom. The number of rotatable bonds is 12. The maximum atomic E-state index is 14.9. The molecule has 216 valence electrons. The number of piperidine rings is 1. The number of benzene rings is 3. The van der Waals surface area contributed by atoms with E-state index >= 15 is 0 Å². The number of hydrogen-bond acceptors (Lipinski definition) is 6. The smallest absolute Gasteiger partial charge is 0.224 e. The first-order chi connectivity index (χ1) is 20.5. The molecule has 1 aliphatic heterocycles. The van der Waals surface area contributed by atoms with Crippen LogP contribution in [0.3, 0.4) is 0 Å². The molecule has 0 bridgehead atoms. The molecule has 2 heterocycles. The minimum Gasteiger partial charge on any atom is -0.492 e. The molecule has 1 aliphatic carbocycles. The number of anilines is 2. The largest absolute Gasteiger partial charge is 0.492 e. The van der Waals surface area contributed by atoms with Crippen molar-refractivity contribution in [2.24, 2.45) is 5.92 Å². The van der Waals surface area contributed by atoms with Crippen molar-refractivity contribution >= 4 is 34.1 Å². The highest BCUT2D eigenvalue weighted by Gasteiger charge is 2.45. The van der Waals surface area contributed by atoms with Crippen molar-refractivity contribution in [3.05, 3.63) is 84.8 Å². The van der Waals surface area contributed by atoms with Crippen LogP contribution in [-0.4, -0.2) is 35.5 Å². The lowest BCUT2D eigenvalue weighted by Gasteiger charge is -2.15. The number of aromatic nitrogens is 1. The maximum Gasteiger partial charge on any atom is 0.224 e. The number of carbonyl (C=O) groups excluding carboxylic acids is 2. The summed E-state index contributed by atoms with van der Waals surface area (Å²) in [5, 5.41) is 9.85. The molecule has 0 spiro atoms. The van der Waals surface area contributed by atoms with Crippen LogP contribution in [0.1, 0.15) is 38.5 Å². The minimum atomic E-state index is -0.600. The SMILES string of the molecule is O=C(CCCCC(=O)Nc1ccc(Oc2ccnc3cc(OCC4CC5CC5N4)ccc23)c(F)c1)Nc1ccccc1. The van der Waals surface area contributed by atoms with Crippen LogP contribution in [-0.2, 0) is 9.59 Å². The van der Waals surface area contributed by atoms with Crippen LogP contribution in [0.25, 0.3) is 10.9 Å². The summed E-state index contributed by atoms with van der Waals surface area (Å²) in [6.07, 6.45) is 5.72. The van der Waals surface area contributed by atoms with E-state index < -0.39 is 5.82 Å². The zero-order chi connectivity index (χ0) is 28.9. The van der Waals surface area contributed by atoms with Crippen molar-refractivity contribution in [2.45, 2.75) is 50.6 Å². The number of amides is 2. The van der Waals surface area contributed by atoms with Crippen molar-refractivity contribution < 1.29 is 23.5 Å². The number of para-hydroxylation sites is 1. The lowest BCUT2D eigenvalue weighted by atomic mass is 10.1. The van der Waals surface area contributed by atoms with Crippen LogP contribution >= 0.6 is 0 Å². The molecule has 3 aromatic carbocycles. The number of unbranched alkanes of at least 4 members (excludes halogenated alkanes) is 1. The number of nitrogens with zero attached hydrogens (tertiary/aromatic N) is 1. The van der Waals surface area contributed by atoms with Crippen LogP contribution in [0, 0.1) is 11.7 Å². The Hall–Kier alpha value is -4.50. The van der Waals surface area contributed by atoms with Crippen LogP contribution in [0.15, 0.2) is 79.0 Å². The van der Waals surface area contributed by atoms with E-state index in [0.29, 0.717) is 54.9 Å². The van der Waals surface area contributed by atoms with Crippen molar-refractivity contribution in [2.75, 3.05) is 17.2 Å². The molecule has 3 N–H and O–H groups in total. The Morgan fingerprint density at radius 2 is 1.67 bits per heavy atom. The lowest BCUT2D eigenvalue weighted by molar-refractivity contribution is -0.118. The van der Waals surface area contributed by atoms with E-state index in [9.17, 15) is 14.0 Å². The summed E-state index contributed by atoms with van der Waals surface area (Å²) in [6.45, 7) is 0.620. The fraction of sp³-hybridized carbons (Fsp3) is 0.303. The molecule has 9 heteroatoms. The monoisotopic (exact) mass is 568 g/mol. The van der Waals surface area contributed by atoms with Crippen molar-refractivity contribution in [3.8, 4) is 17.2 Å². The quantitative estimate of drug-likeness (QED) is 0.170. The highest BCUT2D eigenvalue weighted by Crippen LogP contribution is 2.40. The van der Waals surface area contributed by atoms with Gasteiger partial charge in [-0.15, -0.1) is 0 Å². The van der Waals surface area contributed by atoms with Gasteiger partial charge < -0.3 is 25.4 Å². The summed E-state index contributed by atoms with van der Waals surface area (Å²) >= 11 is 0. The second-order valence-corrected chi connectivity index (χ2v) is 10.9. The van der Waals surface area contributed by atoms with Gasteiger partial charge in [-0.1, -0.05) is 18.2 Å². The van der Waals surface area contributed by atoms with Gasteiger partial charge in [0, 0.05) is 60.0 Å². The van der Waals surface area contributed by atoms with E-state index in [1.54, 1.807) is 18.3 Å². The molecule has 1 saturated carbocycles. The number of ether oxygens (including phenoxy) is 2. The highest BCUT2D eigenvalue weighted by molar-refractivity contribution is 5.92. The third-order valence-electron chi connectivity index (χ3n) is 7.64. The standard InChI is InChI=1S/C33H33FN4O4/c34-27-18-23(38-33(40)9-5-4-8-32(39)37-22-6-2-1-3-7-22)10-13-31(27)42-30-14-15-35-29-19-25(11-12-26(29)30)41-20-24-16-21-17-28(21)36-24/h1-3,6-7,10-15,18-19,21,24,28,36H,4-5,8-9,16-17,20H2,(H,37,39)(H,38,40). The van der Waals surface area contributed by atoms with Gasteiger partial charge >= 0.3 is 0 Å². The van der Waals surface area contributed by atoms with Gasteiger partial charge in [0.25, 0.3) is 0 Å². The van der Waals surface area contributed by atoms with Crippen LogP contribution in [0.5, 0.6) is 17.2 Å². The van der Waals surface area contributed by atoms with Crippen LogP contribution in [0.2, 0.25) is 0 Å². The molecule has 2 aliphatic rings. The van der Waals surface area contributed by atoms with Crippen molar-refractivity contribution in [1.29, 1.82) is 0 Å². The fourth-order valence-corrected chi connectivity index (χ4v) is 5.36.